The fraction of sp³-hybridized carbons (Fsp3) is 0.577. The first kappa shape index (κ1) is 23.6. The molecule has 3 heterocycles. The van der Waals surface area contributed by atoms with Crippen LogP contribution >= 0.6 is 0 Å². The molecule has 35 heavy (non-hydrogen) atoms. The average Bonchev–Trinajstić information content (AvgIpc) is 3.12. The fourth-order valence-corrected chi connectivity index (χ4v) is 5.30. The SMILES string of the molecule is CC(C)(C)OC(=O)N1CCC(c2cn(C3CCC3)c3c(F)c(N4CCC(=O)NC4=O)ccc23)CC1. The maximum Gasteiger partial charge on any atom is 0.410 e. The molecule has 1 aromatic heterocycles. The van der Waals surface area contributed by atoms with Gasteiger partial charge in [0.15, 0.2) is 5.82 Å². The van der Waals surface area contributed by atoms with E-state index in [2.05, 4.69) is 16.1 Å². The molecule has 4 amide bonds. The van der Waals surface area contributed by atoms with E-state index in [1.165, 1.54) is 4.90 Å². The zero-order valence-electron chi connectivity index (χ0n) is 20.6. The number of ether oxygens (including phenoxy) is 1. The number of fused-ring (bicyclic) bond motifs is 1. The van der Waals surface area contributed by atoms with Gasteiger partial charge in [0.1, 0.15) is 5.60 Å². The van der Waals surface area contributed by atoms with Crippen LogP contribution in [0.25, 0.3) is 10.9 Å². The highest BCUT2D eigenvalue weighted by molar-refractivity contribution is 6.06. The van der Waals surface area contributed by atoms with Gasteiger partial charge in [-0.1, -0.05) is 6.07 Å². The molecule has 9 heteroatoms. The number of amides is 4. The summed E-state index contributed by atoms with van der Waals surface area (Å²) in [6, 6.07) is 3.21. The lowest BCUT2D eigenvalue weighted by Gasteiger charge is -2.33. The molecule has 0 unspecified atom stereocenters. The van der Waals surface area contributed by atoms with Gasteiger partial charge in [0.25, 0.3) is 0 Å². The summed E-state index contributed by atoms with van der Waals surface area (Å²) in [6.07, 6.45) is 6.63. The van der Waals surface area contributed by atoms with Gasteiger partial charge in [0.2, 0.25) is 5.91 Å². The van der Waals surface area contributed by atoms with E-state index >= 15 is 4.39 Å². The highest BCUT2D eigenvalue weighted by atomic mass is 19.1. The lowest BCUT2D eigenvalue weighted by molar-refractivity contribution is -0.120. The van der Waals surface area contributed by atoms with Gasteiger partial charge >= 0.3 is 12.1 Å². The van der Waals surface area contributed by atoms with E-state index < -0.39 is 17.4 Å². The number of anilines is 1. The second-order valence-electron chi connectivity index (χ2n) is 10.9. The predicted molar refractivity (Wildman–Crippen MR) is 130 cm³/mol. The Bertz CT molecular complexity index is 1170. The van der Waals surface area contributed by atoms with Crippen molar-refractivity contribution in [1.82, 2.24) is 14.8 Å². The molecule has 188 valence electrons. The quantitative estimate of drug-likeness (QED) is 0.660. The van der Waals surface area contributed by atoms with E-state index in [-0.39, 0.29) is 42.6 Å². The molecule has 2 saturated heterocycles. The van der Waals surface area contributed by atoms with Crippen LogP contribution in [-0.4, -0.2) is 52.7 Å². The van der Waals surface area contributed by atoms with Gasteiger partial charge in [-0.05, 0) is 70.4 Å². The Hall–Kier alpha value is -3.10. The van der Waals surface area contributed by atoms with Crippen molar-refractivity contribution in [1.29, 1.82) is 0 Å². The zero-order chi connectivity index (χ0) is 24.9. The maximum absolute atomic E-state index is 16.0. The first-order valence-electron chi connectivity index (χ1n) is 12.5. The van der Waals surface area contributed by atoms with E-state index in [1.807, 2.05) is 26.8 Å². The summed E-state index contributed by atoms with van der Waals surface area (Å²) in [6.45, 7) is 6.94. The van der Waals surface area contributed by atoms with Crippen LogP contribution in [0.5, 0.6) is 0 Å². The summed E-state index contributed by atoms with van der Waals surface area (Å²) in [5, 5.41) is 3.14. The van der Waals surface area contributed by atoms with Gasteiger partial charge in [-0.25, -0.2) is 14.0 Å². The second kappa shape index (κ2) is 8.84. The number of piperidine rings is 1. The van der Waals surface area contributed by atoms with Gasteiger partial charge in [0.05, 0.1) is 11.2 Å². The largest absolute Gasteiger partial charge is 0.444 e. The molecule has 8 nitrogen and oxygen atoms in total. The Labute approximate surface area is 204 Å². The van der Waals surface area contributed by atoms with Crippen LogP contribution in [0.2, 0.25) is 0 Å². The molecule has 5 rings (SSSR count). The molecule has 0 radical (unpaired) electrons. The molecule has 2 aliphatic heterocycles. The molecule has 2 aromatic rings. The molecule has 1 aliphatic carbocycles. The van der Waals surface area contributed by atoms with Crippen molar-refractivity contribution in [2.45, 2.75) is 76.9 Å². The van der Waals surface area contributed by atoms with Crippen molar-refractivity contribution in [3.63, 3.8) is 0 Å². The summed E-state index contributed by atoms with van der Waals surface area (Å²) in [5.74, 6) is -0.555. The van der Waals surface area contributed by atoms with Crippen molar-refractivity contribution in [3.8, 4) is 0 Å². The number of halogens is 1. The molecule has 1 saturated carbocycles. The van der Waals surface area contributed by atoms with Crippen molar-refractivity contribution in [2.24, 2.45) is 0 Å². The molecule has 0 bridgehead atoms. The number of hydrogen-bond donors (Lipinski definition) is 1. The molecule has 0 spiro atoms. The summed E-state index contributed by atoms with van der Waals surface area (Å²) < 4.78 is 23.6. The highest BCUT2D eigenvalue weighted by Gasteiger charge is 2.33. The van der Waals surface area contributed by atoms with E-state index in [1.54, 1.807) is 11.0 Å². The third-order valence-electron chi connectivity index (χ3n) is 7.34. The van der Waals surface area contributed by atoms with Crippen LogP contribution in [0.3, 0.4) is 0 Å². The molecule has 1 aromatic carbocycles. The Morgan fingerprint density at radius 2 is 1.80 bits per heavy atom. The van der Waals surface area contributed by atoms with Gasteiger partial charge < -0.3 is 14.2 Å². The van der Waals surface area contributed by atoms with Crippen LogP contribution in [-0.2, 0) is 9.53 Å². The van der Waals surface area contributed by atoms with Gasteiger partial charge in [-0.15, -0.1) is 0 Å². The van der Waals surface area contributed by atoms with Crippen molar-refractivity contribution in [3.05, 3.63) is 29.7 Å². The zero-order valence-corrected chi connectivity index (χ0v) is 20.6. The first-order chi connectivity index (χ1) is 16.6. The summed E-state index contributed by atoms with van der Waals surface area (Å²) in [4.78, 5) is 39.5. The molecular weight excluding hydrogens is 451 g/mol. The average molecular weight is 485 g/mol. The van der Waals surface area contributed by atoms with E-state index in [0.29, 0.717) is 18.6 Å². The fourth-order valence-electron chi connectivity index (χ4n) is 5.30. The number of carbonyl (C=O) groups is 3. The molecular formula is C26H33FN4O4. The highest BCUT2D eigenvalue weighted by Crippen LogP contribution is 2.43. The number of nitrogens with zero attached hydrogens (tertiary/aromatic N) is 3. The Kier molecular flexibility index (Phi) is 5.97. The molecule has 3 fully saturated rings. The minimum Gasteiger partial charge on any atom is -0.444 e. The number of urea groups is 1. The van der Waals surface area contributed by atoms with Gasteiger partial charge in [-0.2, -0.15) is 0 Å². The standard InChI is InChI=1S/C26H33FN4O4/c1-26(2,3)35-25(34)29-12-9-16(10-13-29)19-15-31(17-5-4-6-17)23-18(19)7-8-20(22(23)27)30-14-11-21(32)28-24(30)33/h7-8,15-17H,4-6,9-14H2,1-3H3,(H,28,32,33). The van der Waals surface area contributed by atoms with Crippen LogP contribution in [0, 0.1) is 5.82 Å². The minimum atomic E-state index is -0.587. The first-order valence-corrected chi connectivity index (χ1v) is 12.5. The van der Waals surface area contributed by atoms with Gasteiger partial charge in [-0.3, -0.25) is 15.0 Å². The molecule has 3 aliphatic rings. The number of aromatic nitrogens is 1. The Balaban J connectivity index is 1.44. The third-order valence-corrected chi connectivity index (χ3v) is 7.34. The van der Waals surface area contributed by atoms with Crippen molar-refractivity contribution >= 4 is 34.6 Å². The number of carbonyl (C=O) groups excluding carboxylic acids is 3. The Morgan fingerprint density at radius 1 is 1.09 bits per heavy atom. The van der Waals surface area contributed by atoms with E-state index in [9.17, 15) is 14.4 Å². The topological polar surface area (TPSA) is 83.9 Å². The number of hydrogen-bond acceptors (Lipinski definition) is 4. The summed E-state index contributed by atoms with van der Waals surface area (Å²) in [7, 11) is 0. The number of rotatable bonds is 3. The van der Waals surface area contributed by atoms with Crippen molar-refractivity contribution in [2.75, 3.05) is 24.5 Å². The normalized spacial score (nSPS) is 20.2. The summed E-state index contributed by atoms with van der Waals surface area (Å²) in [5.41, 5.74) is 1.30. The minimum absolute atomic E-state index is 0.147. The van der Waals surface area contributed by atoms with Crippen LogP contribution < -0.4 is 10.2 Å². The smallest absolute Gasteiger partial charge is 0.410 e. The van der Waals surface area contributed by atoms with E-state index in [0.717, 1.165) is 43.1 Å². The third kappa shape index (κ3) is 4.48. The second-order valence-corrected chi connectivity index (χ2v) is 10.9. The van der Waals surface area contributed by atoms with Crippen LogP contribution in [0.1, 0.15) is 76.8 Å². The monoisotopic (exact) mass is 484 g/mol. The maximum atomic E-state index is 16.0. The van der Waals surface area contributed by atoms with Crippen molar-refractivity contribution < 1.29 is 23.5 Å². The number of likely N-dealkylation sites (tertiary alicyclic amines) is 1. The molecule has 1 N–H and O–H groups in total. The van der Waals surface area contributed by atoms with E-state index in [4.69, 9.17) is 4.74 Å². The number of nitrogens with one attached hydrogen (secondary N) is 1. The molecule has 0 atom stereocenters. The lowest BCUT2D eigenvalue weighted by atomic mass is 9.89. The van der Waals surface area contributed by atoms with Crippen LogP contribution in [0.15, 0.2) is 18.3 Å². The van der Waals surface area contributed by atoms with Gasteiger partial charge in [0, 0.05) is 43.7 Å². The van der Waals surface area contributed by atoms with Crippen LogP contribution in [0.4, 0.5) is 19.7 Å². The Morgan fingerprint density at radius 3 is 2.40 bits per heavy atom. The number of benzene rings is 1. The number of imide groups is 1. The predicted octanol–water partition coefficient (Wildman–Crippen LogP) is 5.07. The lowest BCUT2D eigenvalue weighted by Crippen LogP contribution is -2.49. The summed E-state index contributed by atoms with van der Waals surface area (Å²) >= 11 is 0.